The number of rotatable bonds is 2. The van der Waals surface area contributed by atoms with Crippen LogP contribution in [0.15, 0.2) is 12.4 Å². The summed E-state index contributed by atoms with van der Waals surface area (Å²) in [6.45, 7) is -0.0585. The Kier molecular flexibility index (Phi) is 2.14. The molecule has 8 nitrogen and oxygen atoms in total. The third-order valence-corrected chi connectivity index (χ3v) is 2.02. The summed E-state index contributed by atoms with van der Waals surface area (Å²) in [6.07, 6.45) is 2.79. The Labute approximate surface area is 78.6 Å². The third-order valence-electron chi connectivity index (χ3n) is 2.02. The van der Waals surface area contributed by atoms with Gasteiger partial charge in [0, 0.05) is 0 Å². The van der Waals surface area contributed by atoms with Gasteiger partial charge in [0.15, 0.2) is 0 Å². The molecule has 0 atom stereocenters. The van der Waals surface area contributed by atoms with E-state index in [4.69, 9.17) is 9.47 Å². The van der Waals surface area contributed by atoms with Crippen LogP contribution in [0.3, 0.4) is 0 Å². The molecule has 0 N–H and O–H groups in total. The van der Waals surface area contributed by atoms with E-state index in [-0.39, 0.29) is 20.0 Å². The second-order valence-electron chi connectivity index (χ2n) is 2.90. The Balaban J connectivity index is 2.35. The van der Waals surface area contributed by atoms with E-state index in [1.165, 1.54) is 12.4 Å². The number of ether oxygens (including phenoxy) is 2. The highest BCUT2D eigenvalue weighted by molar-refractivity contribution is 4.79. The van der Waals surface area contributed by atoms with E-state index in [1.807, 2.05) is 0 Å². The zero-order valence-electron chi connectivity index (χ0n) is 7.20. The Morgan fingerprint density at radius 3 is 2.71 bits per heavy atom. The summed E-state index contributed by atoms with van der Waals surface area (Å²) in [5.41, 5.74) is -1.48. The molecule has 1 saturated heterocycles. The van der Waals surface area contributed by atoms with Crippen molar-refractivity contribution in [3.8, 4) is 0 Å². The highest BCUT2D eigenvalue weighted by Gasteiger charge is 2.49. The quantitative estimate of drug-likeness (QED) is 0.459. The van der Waals surface area contributed by atoms with Crippen molar-refractivity contribution in [3.05, 3.63) is 22.5 Å². The summed E-state index contributed by atoms with van der Waals surface area (Å²) in [5.74, 6) is 0. The summed E-state index contributed by atoms with van der Waals surface area (Å²) in [5, 5.41) is 18.1. The molecule has 1 aliphatic heterocycles. The fourth-order valence-electron chi connectivity index (χ4n) is 1.26. The van der Waals surface area contributed by atoms with Gasteiger partial charge in [-0.05, 0) is 0 Å². The van der Waals surface area contributed by atoms with Crippen LogP contribution in [0.4, 0.5) is 0 Å². The van der Waals surface area contributed by atoms with Gasteiger partial charge >= 0.3 is 5.66 Å². The largest absolute Gasteiger partial charge is 0.361 e. The van der Waals surface area contributed by atoms with Gasteiger partial charge in [-0.3, -0.25) is 10.1 Å². The molecule has 1 fully saturated rings. The van der Waals surface area contributed by atoms with Crippen LogP contribution < -0.4 is 0 Å². The van der Waals surface area contributed by atoms with Crippen molar-refractivity contribution in [1.29, 1.82) is 0 Å². The predicted octanol–water partition coefficient (Wildman–Crippen LogP) is -0.788. The lowest BCUT2D eigenvalue weighted by atomic mass is 10.2. The minimum Gasteiger partial charge on any atom is -0.346 e. The molecule has 0 aliphatic carbocycles. The average Bonchev–Trinajstić information content (AvgIpc) is 2.72. The van der Waals surface area contributed by atoms with Gasteiger partial charge in [-0.2, -0.15) is 4.68 Å². The van der Waals surface area contributed by atoms with Crippen LogP contribution in [-0.4, -0.2) is 39.9 Å². The molecule has 1 aromatic heterocycles. The molecule has 1 aliphatic rings. The van der Waals surface area contributed by atoms with Gasteiger partial charge < -0.3 is 9.47 Å². The number of hydrogen-bond donors (Lipinski definition) is 0. The maximum atomic E-state index is 10.9. The fourth-order valence-corrected chi connectivity index (χ4v) is 1.26. The van der Waals surface area contributed by atoms with Crippen LogP contribution in [0.25, 0.3) is 0 Å². The van der Waals surface area contributed by atoms with Gasteiger partial charge in [-0.1, -0.05) is 5.21 Å². The maximum absolute atomic E-state index is 10.9. The molecule has 0 radical (unpaired) electrons. The molecule has 0 amide bonds. The molecule has 1 aromatic rings. The van der Waals surface area contributed by atoms with Crippen molar-refractivity contribution in [2.75, 3.05) is 20.0 Å². The van der Waals surface area contributed by atoms with Gasteiger partial charge in [0.2, 0.25) is 0 Å². The number of hydrogen-bond acceptors (Lipinski definition) is 6. The standard InChI is InChI=1S/C6H8N4O4/c11-10(12)6(3-13-5-14-4-6)9-2-1-7-8-9/h1-2H,3-5H2. The predicted molar refractivity (Wildman–Crippen MR) is 41.8 cm³/mol. The SMILES string of the molecule is O=[N+]([O-])C1(n2ccnn2)COCOC1. The first-order valence-electron chi connectivity index (χ1n) is 3.92. The van der Waals surface area contributed by atoms with Crippen molar-refractivity contribution in [1.82, 2.24) is 15.0 Å². The van der Waals surface area contributed by atoms with Crippen LogP contribution in [-0.2, 0) is 15.1 Å². The van der Waals surface area contributed by atoms with E-state index in [0.717, 1.165) is 4.68 Å². The van der Waals surface area contributed by atoms with E-state index in [9.17, 15) is 10.1 Å². The molecule has 14 heavy (non-hydrogen) atoms. The summed E-state index contributed by atoms with van der Waals surface area (Å²) in [7, 11) is 0. The molecule has 0 bridgehead atoms. The molecule has 76 valence electrons. The smallest absolute Gasteiger partial charge is 0.346 e. The zero-order valence-corrected chi connectivity index (χ0v) is 7.20. The molecular formula is C6H8N4O4. The van der Waals surface area contributed by atoms with Gasteiger partial charge in [-0.15, -0.1) is 5.10 Å². The Bertz CT molecular complexity index is 319. The van der Waals surface area contributed by atoms with E-state index < -0.39 is 10.6 Å². The van der Waals surface area contributed by atoms with Crippen LogP contribution >= 0.6 is 0 Å². The van der Waals surface area contributed by atoms with Crippen LogP contribution in [0.2, 0.25) is 0 Å². The third kappa shape index (κ3) is 1.24. The molecule has 0 unspecified atom stereocenters. The van der Waals surface area contributed by atoms with Crippen molar-refractivity contribution >= 4 is 0 Å². The average molecular weight is 200 g/mol. The van der Waals surface area contributed by atoms with E-state index in [0.29, 0.717) is 0 Å². The van der Waals surface area contributed by atoms with E-state index in [1.54, 1.807) is 0 Å². The summed E-state index contributed by atoms with van der Waals surface area (Å²) >= 11 is 0. The van der Waals surface area contributed by atoms with Gasteiger partial charge in [0.05, 0.1) is 17.3 Å². The molecule has 0 aromatic carbocycles. The topological polar surface area (TPSA) is 92.3 Å². The lowest BCUT2D eigenvalue weighted by Crippen LogP contribution is -2.52. The Morgan fingerprint density at radius 1 is 1.50 bits per heavy atom. The number of nitrogens with zero attached hydrogens (tertiary/aromatic N) is 4. The Morgan fingerprint density at radius 2 is 2.21 bits per heavy atom. The monoisotopic (exact) mass is 200 g/mol. The second kappa shape index (κ2) is 3.31. The van der Waals surface area contributed by atoms with Crippen molar-refractivity contribution < 1.29 is 14.4 Å². The van der Waals surface area contributed by atoms with Crippen molar-refractivity contribution in [3.63, 3.8) is 0 Å². The van der Waals surface area contributed by atoms with Gasteiger partial charge in [-0.25, -0.2) is 0 Å². The molecule has 8 heteroatoms. The molecule has 0 spiro atoms. The molecule has 2 rings (SSSR count). The van der Waals surface area contributed by atoms with Crippen molar-refractivity contribution in [2.24, 2.45) is 0 Å². The first kappa shape index (κ1) is 9.03. The summed E-state index contributed by atoms with van der Waals surface area (Å²) in [6, 6.07) is 0. The lowest BCUT2D eigenvalue weighted by molar-refractivity contribution is -0.621. The van der Waals surface area contributed by atoms with E-state index in [2.05, 4.69) is 10.3 Å². The molecular weight excluding hydrogens is 192 g/mol. The maximum Gasteiger partial charge on any atom is 0.361 e. The highest BCUT2D eigenvalue weighted by atomic mass is 16.7. The zero-order chi connectivity index (χ0) is 10.0. The summed E-state index contributed by atoms with van der Waals surface area (Å²) < 4.78 is 11.0. The highest BCUT2D eigenvalue weighted by Crippen LogP contribution is 2.20. The molecule has 0 saturated carbocycles. The minimum atomic E-state index is -1.48. The van der Waals surface area contributed by atoms with Crippen LogP contribution in [0.5, 0.6) is 0 Å². The lowest BCUT2D eigenvalue weighted by Gasteiger charge is -2.28. The fraction of sp³-hybridized carbons (Fsp3) is 0.667. The van der Waals surface area contributed by atoms with E-state index >= 15 is 0 Å². The normalized spacial score (nSPS) is 20.6. The van der Waals surface area contributed by atoms with Crippen LogP contribution in [0, 0.1) is 10.1 Å². The summed E-state index contributed by atoms with van der Waals surface area (Å²) in [4.78, 5) is 10.5. The van der Waals surface area contributed by atoms with Gasteiger partial charge in [0.1, 0.15) is 20.0 Å². The Hall–Kier alpha value is -1.54. The first-order chi connectivity index (χ1) is 6.76. The van der Waals surface area contributed by atoms with Gasteiger partial charge in [0.25, 0.3) is 0 Å². The minimum absolute atomic E-state index is 0.0661. The second-order valence-corrected chi connectivity index (χ2v) is 2.90. The number of aromatic nitrogens is 3. The first-order valence-corrected chi connectivity index (χ1v) is 3.92. The molecule has 2 heterocycles. The van der Waals surface area contributed by atoms with Crippen LogP contribution in [0.1, 0.15) is 0 Å². The van der Waals surface area contributed by atoms with Crippen molar-refractivity contribution in [2.45, 2.75) is 5.66 Å². The number of nitro groups is 1.